The van der Waals surface area contributed by atoms with Crippen molar-refractivity contribution in [3.05, 3.63) is 54.1 Å². The Balaban J connectivity index is 1.57. The topological polar surface area (TPSA) is 75.5 Å². The van der Waals surface area contributed by atoms with Gasteiger partial charge in [-0.05, 0) is 19.1 Å². The maximum absolute atomic E-state index is 14.3. The molecule has 1 aliphatic rings. The van der Waals surface area contributed by atoms with Crippen LogP contribution in [0.15, 0.2) is 36.8 Å². The number of aromatic nitrogens is 3. The van der Waals surface area contributed by atoms with Gasteiger partial charge < -0.3 is 14.2 Å². The Labute approximate surface area is 165 Å². The number of hydrogen-bond donors (Lipinski definition) is 0. The molecule has 1 aromatic carbocycles. The van der Waals surface area contributed by atoms with Gasteiger partial charge in [0.25, 0.3) is 0 Å². The van der Waals surface area contributed by atoms with Gasteiger partial charge >= 0.3 is 5.97 Å². The van der Waals surface area contributed by atoms with Crippen LogP contribution in [-0.4, -0.2) is 39.3 Å². The summed E-state index contributed by atoms with van der Waals surface area (Å²) in [6.45, 7) is 3.47. The van der Waals surface area contributed by atoms with Crippen molar-refractivity contribution in [3.8, 4) is 5.75 Å². The van der Waals surface area contributed by atoms with Gasteiger partial charge in [0.15, 0.2) is 12.0 Å². The Morgan fingerprint density at radius 2 is 2.03 bits per heavy atom. The van der Waals surface area contributed by atoms with Crippen molar-refractivity contribution < 1.29 is 27.8 Å². The van der Waals surface area contributed by atoms with Gasteiger partial charge in [-0.1, -0.05) is 17.7 Å². The number of ether oxygens (including phenoxy) is 3. The normalized spacial score (nSPS) is 21.4. The fourth-order valence-corrected chi connectivity index (χ4v) is 3.39. The predicted molar refractivity (Wildman–Crippen MR) is 98.2 cm³/mol. The van der Waals surface area contributed by atoms with Crippen LogP contribution in [0.25, 0.3) is 11.0 Å². The molecule has 0 radical (unpaired) electrons. The summed E-state index contributed by atoms with van der Waals surface area (Å²) in [5, 5.41) is 0. The summed E-state index contributed by atoms with van der Waals surface area (Å²) in [6.07, 6.45) is 0.383. The number of esters is 1. The van der Waals surface area contributed by atoms with E-state index in [1.54, 1.807) is 0 Å². The minimum absolute atomic E-state index is 0.0974. The summed E-state index contributed by atoms with van der Waals surface area (Å²) in [7, 11) is 0. The van der Waals surface area contributed by atoms with Gasteiger partial charge in [0.05, 0.1) is 18.6 Å². The molecule has 1 aliphatic heterocycles. The third-order valence-electron chi connectivity index (χ3n) is 4.70. The van der Waals surface area contributed by atoms with E-state index in [1.165, 1.54) is 17.8 Å². The Morgan fingerprint density at radius 1 is 1.28 bits per heavy atom. The van der Waals surface area contributed by atoms with Crippen molar-refractivity contribution >= 4 is 17.0 Å². The summed E-state index contributed by atoms with van der Waals surface area (Å²) in [4.78, 5) is 18.8. The molecule has 3 heterocycles. The highest BCUT2D eigenvalue weighted by Gasteiger charge is 2.40. The molecule has 2 aromatic heterocycles. The second-order valence-electron chi connectivity index (χ2n) is 6.90. The minimum Gasteiger partial charge on any atom is -0.491 e. The van der Waals surface area contributed by atoms with Gasteiger partial charge in [0.1, 0.15) is 29.5 Å². The molecule has 29 heavy (non-hydrogen) atoms. The van der Waals surface area contributed by atoms with E-state index in [-0.39, 0.29) is 17.6 Å². The SMILES string of the molecule is CC(=O)O[C@@H]1C[C@@H](COc2ccc(C)cc2)O[C@H]1n1cnc2c(F)ncc(F)c21. The highest BCUT2D eigenvalue weighted by molar-refractivity contribution is 5.75. The third kappa shape index (κ3) is 3.91. The molecule has 0 N–H and O–H groups in total. The highest BCUT2D eigenvalue weighted by Crippen LogP contribution is 2.35. The predicted octanol–water partition coefficient (Wildman–Crippen LogP) is 3.32. The van der Waals surface area contributed by atoms with Crippen LogP contribution in [0.1, 0.15) is 25.1 Å². The molecule has 0 aliphatic carbocycles. The standard InChI is InChI=1S/C20H19F2N3O4/c1-11-3-5-13(6-4-11)27-9-14-7-16(28-12(2)26)20(29-14)25-10-24-17-18(25)15(21)8-23-19(17)22/h3-6,8,10,14,16,20H,7,9H2,1-2H3/t14-,16+,20+/m0/s1. The molecule has 7 nitrogen and oxygen atoms in total. The van der Waals surface area contributed by atoms with Crippen molar-refractivity contribution in [1.82, 2.24) is 14.5 Å². The van der Waals surface area contributed by atoms with E-state index < -0.39 is 36.2 Å². The summed E-state index contributed by atoms with van der Waals surface area (Å²) in [6, 6.07) is 7.55. The second kappa shape index (κ2) is 7.75. The number of benzene rings is 1. The Bertz CT molecular complexity index is 1040. The molecule has 152 valence electrons. The molecular formula is C20H19F2N3O4. The second-order valence-corrected chi connectivity index (χ2v) is 6.90. The summed E-state index contributed by atoms with van der Waals surface area (Å²) < 4.78 is 46.6. The van der Waals surface area contributed by atoms with Crippen LogP contribution in [-0.2, 0) is 14.3 Å². The first kappa shape index (κ1) is 19.3. The number of nitrogens with zero attached hydrogens (tertiary/aromatic N) is 3. The van der Waals surface area contributed by atoms with Crippen LogP contribution < -0.4 is 4.74 Å². The molecule has 3 aromatic rings. The number of rotatable bonds is 5. The number of halogens is 2. The molecule has 0 amide bonds. The highest BCUT2D eigenvalue weighted by atomic mass is 19.1. The number of pyridine rings is 1. The van der Waals surface area contributed by atoms with Crippen molar-refractivity contribution in [2.75, 3.05) is 6.61 Å². The first-order valence-electron chi connectivity index (χ1n) is 9.11. The maximum atomic E-state index is 14.3. The molecule has 1 saturated heterocycles. The van der Waals surface area contributed by atoms with E-state index >= 15 is 0 Å². The molecule has 0 bridgehead atoms. The number of fused-ring (bicyclic) bond motifs is 1. The number of carbonyl (C=O) groups is 1. The van der Waals surface area contributed by atoms with Gasteiger partial charge in [-0.15, -0.1) is 0 Å². The summed E-state index contributed by atoms with van der Waals surface area (Å²) in [5.74, 6) is -1.45. The Kier molecular flexibility index (Phi) is 5.14. The van der Waals surface area contributed by atoms with E-state index in [2.05, 4.69) is 9.97 Å². The Hall–Kier alpha value is -3.07. The van der Waals surface area contributed by atoms with Crippen molar-refractivity contribution in [2.45, 2.75) is 38.7 Å². The molecule has 0 saturated carbocycles. The van der Waals surface area contributed by atoms with Gasteiger partial charge in [-0.3, -0.25) is 9.36 Å². The van der Waals surface area contributed by atoms with Crippen molar-refractivity contribution in [1.29, 1.82) is 0 Å². The average molecular weight is 403 g/mol. The average Bonchev–Trinajstić information content (AvgIpc) is 3.29. The van der Waals surface area contributed by atoms with E-state index in [0.29, 0.717) is 12.2 Å². The number of imidazole rings is 1. The van der Waals surface area contributed by atoms with Gasteiger partial charge in [0, 0.05) is 13.3 Å². The van der Waals surface area contributed by atoms with Crippen LogP contribution in [0.2, 0.25) is 0 Å². The van der Waals surface area contributed by atoms with E-state index in [1.807, 2.05) is 31.2 Å². The molecule has 1 fully saturated rings. The largest absolute Gasteiger partial charge is 0.491 e. The molecule has 3 atom stereocenters. The fraction of sp³-hybridized carbons (Fsp3) is 0.350. The van der Waals surface area contributed by atoms with E-state index in [0.717, 1.165) is 11.8 Å². The molecule has 9 heteroatoms. The molecule has 0 spiro atoms. The third-order valence-corrected chi connectivity index (χ3v) is 4.70. The summed E-state index contributed by atoms with van der Waals surface area (Å²) in [5.41, 5.74) is 0.800. The van der Waals surface area contributed by atoms with E-state index in [4.69, 9.17) is 14.2 Å². The molecule has 0 unspecified atom stereocenters. The van der Waals surface area contributed by atoms with Gasteiger partial charge in [-0.2, -0.15) is 4.39 Å². The van der Waals surface area contributed by atoms with Gasteiger partial charge in [-0.25, -0.2) is 14.4 Å². The van der Waals surface area contributed by atoms with Crippen molar-refractivity contribution in [2.24, 2.45) is 0 Å². The van der Waals surface area contributed by atoms with Crippen LogP contribution in [0.4, 0.5) is 8.78 Å². The number of aryl methyl sites for hydroxylation is 1. The lowest BCUT2D eigenvalue weighted by Gasteiger charge is -2.20. The van der Waals surface area contributed by atoms with Crippen LogP contribution >= 0.6 is 0 Å². The monoisotopic (exact) mass is 403 g/mol. The van der Waals surface area contributed by atoms with Crippen molar-refractivity contribution in [3.63, 3.8) is 0 Å². The minimum atomic E-state index is -0.888. The number of hydrogen-bond acceptors (Lipinski definition) is 6. The zero-order valence-corrected chi connectivity index (χ0v) is 15.8. The van der Waals surface area contributed by atoms with Crippen LogP contribution in [0.5, 0.6) is 5.75 Å². The lowest BCUT2D eigenvalue weighted by molar-refractivity contribution is -0.152. The lowest BCUT2D eigenvalue weighted by Crippen LogP contribution is -2.24. The van der Waals surface area contributed by atoms with Gasteiger partial charge in [0.2, 0.25) is 5.95 Å². The zero-order valence-electron chi connectivity index (χ0n) is 15.8. The first-order chi connectivity index (χ1) is 13.9. The lowest BCUT2D eigenvalue weighted by atomic mass is 10.2. The molecular weight excluding hydrogens is 384 g/mol. The smallest absolute Gasteiger partial charge is 0.303 e. The zero-order chi connectivity index (χ0) is 20.5. The quantitative estimate of drug-likeness (QED) is 0.481. The number of carbonyl (C=O) groups excluding carboxylic acids is 1. The van der Waals surface area contributed by atoms with Crippen LogP contribution in [0.3, 0.4) is 0 Å². The summed E-state index contributed by atoms with van der Waals surface area (Å²) >= 11 is 0. The first-order valence-corrected chi connectivity index (χ1v) is 9.11. The maximum Gasteiger partial charge on any atom is 0.303 e. The Morgan fingerprint density at radius 3 is 2.76 bits per heavy atom. The van der Waals surface area contributed by atoms with Crippen LogP contribution in [0, 0.1) is 18.7 Å². The van der Waals surface area contributed by atoms with E-state index in [9.17, 15) is 13.6 Å². The fourth-order valence-electron chi connectivity index (χ4n) is 3.39. The molecule has 4 rings (SSSR count).